The molecular weight excluding hydrogens is 218 g/mol. The molecular formula is C13H21NO3. The minimum absolute atomic E-state index is 0.0789. The van der Waals surface area contributed by atoms with Gasteiger partial charge < -0.3 is 5.11 Å². The number of rotatable bonds is 2. The lowest BCUT2D eigenvalue weighted by molar-refractivity contribution is -0.155. The Morgan fingerprint density at radius 2 is 1.47 bits per heavy atom. The zero-order valence-electron chi connectivity index (χ0n) is 10.3. The maximum Gasteiger partial charge on any atom is 0.229 e. The van der Waals surface area contributed by atoms with E-state index in [1.54, 1.807) is 0 Å². The van der Waals surface area contributed by atoms with Crippen molar-refractivity contribution in [3.8, 4) is 0 Å². The molecule has 0 aromatic rings. The van der Waals surface area contributed by atoms with Crippen LogP contribution in [0, 0.1) is 0 Å². The summed E-state index contributed by atoms with van der Waals surface area (Å²) in [5.41, 5.74) is -0.587. The van der Waals surface area contributed by atoms with Gasteiger partial charge in [0, 0.05) is 12.8 Å². The quantitative estimate of drug-likeness (QED) is 0.745. The maximum atomic E-state index is 12.1. The number of carbonyl (C=O) groups is 2. The predicted octanol–water partition coefficient (Wildman–Crippen LogP) is 1.61. The summed E-state index contributed by atoms with van der Waals surface area (Å²) in [7, 11) is 0. The van der Waals surface area contributed by atoms with E-state index in [9.17, 15) is 14.7 Å². The Kier molecular flexibility index (Phi) is 3.82. The Morgan fingerprint density at radius 1 is 0.941 bits per heavy atom. The lowest BCUT2D eigenvalue weighted by Crippen LogP contribution is -2.57. The van der Waals surface area contributed by atoms with Crippen LogP contribution in [-0.4, -0.2) is 34.0 Å². The van der Waals surface area contributed by atoms with Gasteiger partial charge in [-0.2, -0.15) is 0 Å². The first-order chi connectivity index (χ1) is 8.19. The lowest BCUT2D eigenvalue weighted by atomic mass is 9.80. The highest BCUT2D eigenvalue weighted by Crippen LogP contribution is 2.35. The number of aliphatic hydroxyl groups is 1. The number of carbonyl (C=O) groups excluding carboxylic acids is 2. The average molecular weight is 239 g/mol. The molecule has 0 atom stereocenters. The summed E-state index contributed by atoms with van der Waals surface area (Å²) < 4.78 is 0. The Balaban J connectivity index is 2.25. The molecule has 1 N–H and O–H groups in total. The highest BCUT2D eigenvalue weighted by molar-refractivity contribution is 5.97. The van der Waals surface area contributed by atoms with Crippen LogP contribution in [0.3, 0.4) is 0 Å². The summed E-state index contributed by atoms with van der Waals surface area (Å²) in [6, 6.07) is 0. The highest BCUT2D eigenvalue weighted by atomic mass is 16.3. The van der Waals surface area contributed by atoms with Crippen molar-refractivity contribution in [3.05, 3.63) is 0 Å². The van der Waals surface area contributed by atoms with Crippen LogP contribution in [0.4, 0.5) is 0 Å². The van der Waals surface area contributed by atoms with Crippen LogP contribution in [0.15, 0.2) is 0 Å². The SMILES string of the molecule is O=C1CCCCC(=O)N1C1(CO)CCCCC1. The molecule has 96 valence electrons. The second-order valence-corrected chi connectivity index (χ2v) is 5.27. The van der Waals surface area contributed by atoms with Gasteiger partial charge in [0.25, 0.3) is 0 Å². The monoisotopic (exact) mass is 239 g/mol. The molecule has 0 unspecified atom stereocenters. The van der Waals surface area contributed by atoms with Crippen LogP contribution in [0.5, 0.6) is 0 Å². The third kappa shape index (κ3) is 2.37. The molecule has 4 heteroatoms. The van der Waals surface area contributed by atoms with Crippen LogP contribution < -0.4 is 0 Å². The topological polar surface area (TPSA) is 57.6 Å². The average Bonchev–Trinajstić information content (AvgIpc) is 2.52. The van der Waals surface area contributed by atoms with Gasteiger partial charge in [0.1, 0.15) is 0 Å². The van der Waals surface area contributed by atoms with E-state index in [0.717, 1.165) is 44.9 Å². The minimum atomic E-state index is -0.587. The van der Waals surface area contributed by atoms with E-state index in [0.29, 0.717) is 12.8 Å². The zero-order valence-corrected chi connectivity index (χ0v) is 10.3. The summed E-state index contributed by atoms with van der Waals surface area (Å²) in [5.74, 6) is -0.160. The van der Waals surface area contributed by atoms with Gasteiger partial charge in [-0.25, -0.2) is 0 Å². The van der Waals surface area contributed by atoms with Crippen LogP contribution in [-0.2, 0) is 9.59 Å². The normalized spacial score (nSPS) is 25.8. The minimum Gasteiger partial charge on any atom is -0.394 e. The maximum absolute atomic E-state index is 12.1. The second kappa shape index (κ2) is 5.17. The second-order valence-electron chi connectivity index (χ2n) is 5.27. The molecule has 0 bridgehead atoms. The summed E-state index contributed by atoms with van der Waals surface area (Å²) in [4.78, 5) is 25.6. The van der Waals surface area contributed by atoms with Crippen molar-refractivity contribution < 1.29 is 14.7 Å². The van der Waals surface area contributed by atoms with E-state index in [1.165, 1.54) is 4.90 Å². The van der Waals surface area contributed by atoms with Crippen molar-refractivity contribution in [2.75, 3.05) is 6.61 Å². The fourth-order valence-corrected chi connectivity index (χ4v) is 3.11. The van der Waals surface area contributed by atoms with Crippen molar-refractivity contribution in [1.82, 2.24) is 4.90 Å². The molecule has 17 heavy (non-hydrogen) atoms. The molecule has 2 fully saturated rings. The Labute approximate surface area is 102 Å². The molecule has 1 saturated heterocycles. The zero-order chi connectivity index (χ0) is 12.3. The first-order valence-electron chi connectivity index (χ1n) is 6.66. The molecule has 4 nitrogen and oxygen atoms in total. The summed E-state index contributed by atoms with van der Waals surface area (Å²) in [6.45, 7) is -0.0789. The first kappa shape index (κ1) is 12.6. The molecule has 2 rings (SSSR count). The summed E-state index contributed by atoms with van der Waals surface area (Å²) in [5, 5.41) is 9.68. The van der Waals surface area contributed by atoms with Gasteiger partial charge in [0.15, 0.2) is 0 Å². The molecule has 0 radical (unpaired) electrons. The number of aliphatic hydroxyl groups excluding tert-OH is 1. The smallest absolute Gasteiger partial charge is 0.229 e. The van der Waals surface area contributed by atoms with Gasteiger partial charge in [-0.1, -0.05) is 19.3 Å². The van der Waals surface area contributed by atoms with Crippen molar-refractivity contribution in [2.45, 2.75) is 63.3 Å². The first-order valence-corrected chi connectivity index (χ1v) is 6.66. The van der Waals surface area contributed by atoms with Crippen molar-refractivity contribution in [3.63, 3.8) is 0 Å². The van der Waals surface area contributed by atoms with E-state index < -0.39 is 5.54 Å². The van der Waals surface area contributed by atoms with E-state index >= 15 is 0 Å². The van der Waals surface area contributed by atoms with Gasteiger partial charge in [-0.15, -0.1) is 0 Å². The molecule has 0 aromatic carbocycles. The van der Waals surface area contributed by atoms with E-state index in [4.69, 9.17) is 0 Å². The third-order valence-electron chi connectivity index (χ3n) is 4.08. The Morgan fingerprint density at radius 3 is 1.94 bits per heavy atom. The Bertz CT molecular complexity index is 290. The fraction of sp³-hybridized carbons (Fsp3) is 0.846. The van der Waals surface area contributed by atoms with E-state index in [1.807, 2.05) is 0 Å². The van der Waals surface area contributed by atoms with Crippen LogP contribution in [0.1, 0.15) is 57.8 Å². The van der Waals surface area contributed by atoms with Crippen molar-refractivity contribution >= 4 is 11.8 Å². The fourth-order valence-electron chi connectivity index (χ4n) is 3.11. The molecule has 1 saturated carbocycles. The summed E-state index contributed by atoms with van der Waals surface area (Å²) in [6.07, 6.45) is 7.15. The standard InChI is InChI=1S/C13H21NO3/c15-10-13(8-4-1-5-9-13)14-11(16)6-2-3-7-12(14)17/h15H,1-10H2. The van der Waals surface area contributed by atoms with Gasteiger partial charge in [0.05, 0.1) is 12.1 Å². The van der Waals surface area contributed by atoms with Gasteiger partial charge >= 0.3 is 0 Å². The molecule has 0 aromatic heterocycles. The lowest BCUT2D eigenvalue weighted by Gasteiger charge is -2.43. The summed E-state index contributed by atoms with van der Waals surface area (Å²) >= 11 is 0. The molecule has 0 spiro atoms. The number of imide groups is 1. The van der Waals surface area contributed by atoms with Gasteiger partial charge in [-0.3, -0.25) is 14.5 Å². The molecule has 2 amide bonds. The van der Waals surface area contributed by atoms with Gasteiger partial charge in [0.2, 0.25) is 11.8 Å². The number of hydrogen-bond donors (Lipinski definition) is 1. The molecule has 1 heterocycles. The third-order valence-corrected chi connectivity index (χ3v) is 4.08. The van der Waals surface area contributed by atoms with E-state index in [-0.39, 0.29) is 18.4 Å². The van der Waals surface area contributed by atoms with Crippen LogP contribution in [0.25, 0.3) is 0 Å². The Hall–Kier alpha value is -0.900. The number of hydrogen-bond acceptors (Lipinski definition) is 3. The highest BCUT2D eigenvalue weighted by Gasteiger charge is 2.43. The van der Waals surface area contributed by atoms with Crippen LogP contribution >= 0.6 is 0 Å². The number of amides is 2. The molecule has 1 aliphatic heterocycles. The predicted molar refractivity (Wildman–Crippen MR) is 63.2 cm³/mol. The van der Waals surface area contributed by atoms with Crippen molar-refractivity contribution in [1.29, 1.82) is 0 Å². The van der Waals surface area contributed by atoms with Crippen LogP contribution in [0.2, 0.25) is 0 Å². The number of likely N-dealkylation sites (tertiary alicyclic amines) is 1. The van der Waals surface area contributed by atoms with E-state index in [2.05, 4.69) is 0 Å². The van der Waals surface area contributed by atoms with Crippen molar-refractivity contribution in [2.24, 2.45) is 0 Å². The molecule has 1 aliphatic carbocycles. The molecule has 2 aliphatic rings. The number of nitrogens with zero attached hydrogens (tertiary/aromatic N) is 1. The largest absolute Gasteiger partial charge is 0.394 e. The van der Waals surface area contributed by atoms with Gasteiger partial charge in [-0.05, 0) is 25.7 Å².